The molecule has 0 radical (unpaired) electrons. The van der Waals surface area contributed by atoms with Crippen LogP contribution in [0.25, 0.3) is 0 Å². The number of unbranched alkanes of at least 4 members (excludes halogenated alkanes) is 1. The molecule has 5 heteroatoms. The summed E-state index contributed by atoms with van der Waals surface area (Å²) in [6, 6.07) is 5.84. The van der Waals surface area contributed by atoms with Crippen LogP contribution in [0, 0.1) is 0 Å². The van der Waals surface area contributed by atoms with Crippen molar-refractivity contribution in [3.8, 4) is 5.75 Å². The molecule has 0 aliphatic heterocycles. The van der Waals surface area contributed by atoms with Gasteiger partial charge >= 0.3 is 0 Å². The monoisotopic (exact) mass is 279 g/mol. The second kappa shape index (κ2) is 8.55. The molecule has 0 spiro atoms. The van der Waals surface area contributed by atoms with Gasteiger partial charge in [-0.3, -0.25) is 4.79 Å². The van der Waals surface area contributed by atoms with E-state index in [4.69, 9.17) is 10.5 Å². The van der Waals surface area contributed by atoms with E-state index in [-0.39, 0.29) is 5.91 Å². The number of ether oxygens (including phenoxy) is 1. The van der Waals surface area contributed by atoms with Crippen LogP contribution < -0.4 is 15.8 Å². The lowest BCUT2D eigenvalue weighted by atomic mass is 10.1. The number of nitrogens with two attached hydrogens (primary N) is 1. The summed E-state index contributed by atoms with van der Waals surface area (Å²) in [6.07, 6.45) is 2.16. The van der Waals surface area contributed by atoms with Crippen LogP contribution in [0.15, 0.2) is 18.2 Å². The largest absolute Gasteiger partial charge is 0.495 e. The van der Waals surface area contributed by atoms with Crippen LogP contribution in [0.1, 0.15) is 24.8 Å². The molecule has 0 aromatic heterocycles. The first-order chi connectivity index (χ1) is 9.56. The van der Waals surface area contributed by atoms with E-state index in [9.17, 15) is 4.79 Å². The van der Waals surface area contributed by atoms with Crippen molar-refractivity contribution in [1.82, 2.24) is 4.90 Å². The standard InChI is InChI=1S/C15H25N3O2/c1-18(2)11-12-7-8-14(20-3)13(10-12)17-15(19)6-4-5-9-16/h7-8,10H,4-6,9,11,16H2,1-3H3,(H,17,19). The number of nitrogens with zero attached hydrogens (tertiary/aromatic N) is 1. The summed E-state index contributed by atoms with van der Waals surface area (Å²) in [5.41, 5.74) is 7.28. The zero-order valence-electron chi connectivity index (χ0n) is 12.6. The minimum atomic E-state index is -0.00115. The number of benzene rings is 1. The summed E-state index contributed by atoms with van der Waals surface area (Å²) in [7, 11) is 5.62. The van der Waals surface area contributed by atoms with E-state index >= 15 is 0 Å². The molecule has 0 heterocycles. The van der Waals surface area contributed by atoms with Crippen molar-refractivity contribution in [1.29, 1.82) is 0 Å². The molecule has 0 saturated carbocycles. The van der Waals surface area contributed by atoms with Gasteiger partial charge in [-0.25, -0.2) is 0 Å². The molecule has 1 rings (SSSR count). The molecule has 3 N–H and O–H groups in total. The molecule has 112 valence electrons. The van der Waals surface area contributed by atoms with Crippen molar-refractivity contribution >= 4 is 11.6 Å². The summed E-state index contributed by atoms with van der Waals surface area (Å²) < 4.78 is 5.28. The van der Waals surface area contributed by atoms with E-state index in [1.807, 2.05) is 32.3 Å². The van der Waals surface area contributed by atoms with Gasteiger partial charge in [-0.15, -0.1) is 0 Å². The molecule has 0 aliphatic rings. The third-order valence-electron chi connectivity index (χ3n) is 2.89. The average molecular weight is 279 g/mol. The third kappa shape index (κ3) is 5.59. The second-order valence-electron chi connectivity index (χ2n) is 5.07. The van der Waals surface area contributed by atoms with Gasteiger partial charge in [0.1, 0.15) is 5.75 Å². The Kier molecular flexibility index (Phi) is 7.04. The minimum absolute atomic E-state index is 0.00115. The van der Waals surface area contributed by atoms with Crippen molar-refractivity contribution in [3.05, 3.63) is 23.8 Å². The van der Waals surface area contributed by atoms with E-state index in [0.29, 0.717) is 18.7 Å². The van der Waals surface area contributed by atoms with Gasteiger partial charge in [0, 0.05) is 13.0 Å². The Morgan fingerprint density at radius 2 is 2.10 bits per heavy atom. The fourth-order valence-electron chi connectivity index (χ4n) is 1.96. The summed E-state index contributed by atoms with van der Waals surface area (Å²) in [5, 5.41) is 2.91. The van der Waals surface area contributed by atoms with Crippen LogP contribution in [0.4, 0.5) is 5.69 Å². The highest BCUT2D eigenvalue weighted by Crippen LogP contribution is 2.26. The predicted molar refractivity (Wildman–Crippen MR) is 81.9 cm³/mol. The first-order valence-electron chi connectivity index (χ1n) is 6.88. The fraction of sp³-hybridized carbons (Fsp3) is 0.533. The van der Waals surface area contributed by atoms with Gasteiger partial charge in [0.15, 0.2) is 0 Å². The summed E-state index contributed by atoms with van der Waals surface area (Å²) in [4.78, 5) is 13.9. The van der Waals surface area contributed by atoms with Crippen LogP contribution >= 0.6 is 0 Å². The topological polar surface area (TPSA) is 67.6 Å². The Balaban J connectivity index is 2.72. The molecule has 5 nitrogen and oxygen atoms in total. The number of nitrogens with one attached hydrogen (secondary N) is 1. The molecule has 1 aromatic carbocycles. The first kappa shape index (κ1) is 16.5. The van der Waals surface area contributed by atoms with E-state index in [2.05, 4.69) is 10.2 Å². The van der Waals surface area contributed by atoms with Gasteiger partial charge in [0.25, 0.3) is 0 Å². The Morgan fingerprint density at radius 3 is 2.70 bits per heavy atom. The van der Waals surface area contributed by atoms with Crippen molar-refractivity contribution in [2.24, 2.45) is 5.73 Å². The molecule has 20 heavy (non-hydrogen) atoms. The molecule has 0 atom stereocenters. The number of carbonyl (C=O) groups is 1. The number of carbonyl (C=O) groups excluding carboxylic acids is 1. The lowest BCUT2D eigenvalue weighted by Crippen LogP contribution is -2.14. The summed E-state index contributed by atoms with van der Waals surface area (Å²) in [5.74, 6) is 0.679. The van der Waals surface area contributed by atoms with Gasteiger partial charge < -0.3 is 20.7 Å². The molecule has 1 amide bonds. The number of amides is 1. The maximum absolute atomic E-state index is 11.9. The second-order valence-corrected chi connectivity index (χ2v) is 5.07. The average Bonchev–Trinajstić information content (AvgIpc) is 2.38. The molecular formula is C15H25N3O2. The van der Waals surface area contributed by atoms with E-state index in [0.717, 1.165) is 30.6 Å². The Morgan fingerprint density at radius 1 is 1.35 bits per heavy atom. The van der Waals surface area contributed by atoms with Crippen molar-refractivity contribution in [3.63, 3.8) is 0 Å². The van der Waals surface area contributed by atoms with Crippen LogP contribution in [-0.2, 0) is 11.3 Å². The summed E-state index contributed by atoms with van der Waals surface area (Å²) in [6.45, 7) is 1.44. The molecular weight excluding hydrogens is 254 g/mol. The third-order valence-corrected chi connectivity index (χ3v) is 2.89. The quantitative estimate of drug-likeness (QED) is 0.712. The van der Waals surface area contributed by atoms with Crippen LogP contribution in [0.3, 0.4) is 0 Å². The molecule has 0 saturated heterocycles. The van der Waals surface area contributed by atoms with Gasteiger partial charge in [-0.1, -0.05) is 6.07 Å². The van der Waals surface area contributed by atoms with Gasteiger partial charge in [-0.2, -0.15) is 0 Å². The minimum Gasteiger partial charge on any atom is -0.495 e. The highest BCUT2D eigenvalue weighted by molar-refractivity contribution is 5.92. The Labute approximate surface area is 121 Å². The highest BCUT2D eigenvalue weighted by Gasteiger charge is 2.09. The normalized spacial score (nSPS) is 10.7. The zero-order chi connectivity index (χ0) is 15.0. The van der Waals surface area contributed by atoms with Crippen molar-refractivity contribution in [2.75, 3.05) is 33.1 Å². The highest BCUT2D eigenvalue weighted by atomic mass is 16.5. The van der Waals surface area contributed by atoms with E-state index in [1.54, 1.807) is 7.11 Å². The predicted octanol–water partition coefficient (Wildman–Crippen LogP) is 1.82. The number of methoxy groups -OCH3 is 1. The van der Waals surface area contributed by atoms with Gasteiger partial charge in [-0.05, 0) is 51.2 Å². The number of anilines is 1. The molecule has 0 unspecified atom stereocenters. The Hall–Kier alpha value is -1.59. The molecule has 0 fully saturated rings. The fourth-order valence-corrected chi connectivity index (χ4v) is 1.96. The number of rotatable bonds is 8. The Bertz CT molecular complexity index is 433. The SMILES string of the molecule is COc1ccc(CN(C)C)cc1NC(=O)CCCCN. The smallest absolute Gasteiger partial charge is 0.224 e. The van der Waals surface area contributed by atoms with Crippen LogP contribution in [0.2, 0.25) is 0 Å². The lowest BCUT2D eigenvalue weighted by molar-refractivity contribution is -0.116. The number of hydrogen-bond acceptors (Lipinski definition) is 4. The summed E-state index contributed by atoms with van der Waals surface area (Å²) >= 11 is 0. The first-order valence-corrected chi connectivity index (χ1v) is 6.88. The molecule has 0 bridgehead atoms. The number of hydrogen-bond donors (Lipinski definition) is 2. The lowest BCUT2D eigenvalue weighted by Gasteiger charge is -2.14. The zero-order valence-corrected chi connectivity index (χ0v) is 12.6. The van der Waals surface area contributed by atoms with Gasteiger partial charge in [0.2, 0.25) is 5.91 Å². The van der Waals surface area contributed by atoms with Crippen LogP contribution in [-0.4, -0.2) is 38.6 Å². The van der Waals surface area contributed by atoms with E-state index in [1.165, 1.54) is 0 Å². The van der Waals surface area contributed by atoms with Crippen molar-refractivity contribution < 1.29 is 9.53 Å². The molecule has 1 aromatic rings. The maximum Gasteiger partial charge on any atom is 0.224 e. The van der Waals surface area contributed by atoms with Crippen LogP contribution in [0.5, 0.6) is 5.75 Å². The van der Waals surface area contributed by atoms with Gasteiger partial charge in [0.05, 0.1) is 12.8 Å². The van der Waals surface area contributed by atoms with Crippen molar-refractivity contribution in [2.45, 2.75) is 25.8 Å². The van der Waals surface area contributed by atoms with E-state index < -0.39 is 0 Å². The maximum atomic E-state index is 11.9. The molecule has 0 aliphatic carbocycles.